The van der Waals surface area contributed by atoms with Gasteiger partial charge < -0.3 is 15.3 Å². The molecule has 40 heavy (non-hydrogen) atoms. The molecule has 1 aromatic heterocycles. The van der Waals surface area contributed by atoms with Crippen LogP contribution in [0.3, 0.4) is 0 Å². The summed E-state index contributed by atoms with van der Waals surface area (Å²) in [4.78, 5) is 19.4. The second-order valence-corrected chi connectivity index (χ2v) is 12.0. The number of aliphatic hydroxyl groups excluding tert-OH is 1. The maximum atomic E-state index is 14.1. The highest BCUT2D eigenvalue weighted by atomic mass is 19.1. The van der Waals surface area contributed by atoms with Gasteiger partial charge in [-0.1, -0.05) is 45.1 Å². The summed E-state index contributed by atoms with van der Waals surface area (Å²) in [6.45, 7) is 7.41. The topological polar surface area (TPSA) is 89.2 Å². The summed E-state index contributed by atoms with van der Waals surface area (Å²) in [7, 11) is 0. The SMILES string of the molecule is CC(C1=CC(F)CC(F)=C1)N(CC=Cc1cc2c(cc1C#N)CC1(C2)c2cccnc2NC1O)C(=O)C(C)(C)C. The standard InChI is InChI=1S/C32H34F2N4O2/c1-19(21-13-25(33)15-26(34)14-21)38(30(40)31(2,3)4)10-6-7-20-11-22-16-32(17-23(22)12-24(20)18-35)27-8-5-9-36-28(27)37-29(32)39/h5-9,11-14,19,25,29,39H,10,15-17H2,1-4H3,(H,36,37). The number of nitrogens with one attached hydrogen (secondary N) is 1. The molecule has 3 aliphatic rings. The molecule has 208 valence electrons. The highest BCUT2D eigenvalue weighted by molar-refractivity contribution is 5.82. The van der Waals surface area contributed by atoms with Crippen LogP contribution in [0.15, 0.2) is 60.1 Å². The molecule has 2 N–H and O–H groups in total. The molecule has 5 rings (SSSR count). The van der Waals surface area contributed by atoms with Crippen LogP contribution in [0.5, 0.6) is 0 Å². The molecule has 4 atom stereocenters. The minimum atomic E-state index is -1.42. The van der Waals surface area contributed by atoms with E-state index in [1.165, 1.54) is 12.2 Å². The molecule has 1 aromatic carbocycles. The quantitative estimate of drug-likeness (QED) is 0.517. The maximum absolute atomic E-state index is 14.1. The molecule has 0 saturated heterocycles. The number of hydrogen-bond acceptors (Lipinski definition) is 5. The van der Waals surface area contributed by atoms with Crippen LogP contribution in [0.2, 0.25) is 0 Å². The van der Waals surface area contributed by atoms with E-state index in [-0.39, 0.29) is 18.9 Å². The van der Waals surface area contributed by atoms with Crippen molar-refractivity contribution in [2.45, 2.75) is 70.8 Å². The summed E-state index contributed by atoms with van der Waals surface area (Å²) in [5.74, 6) is 0.000828. The lowest BCUT2D eigenvalue weighted by atomic mass is 9.79. The number of halogens is 2. The predicted molar refractivity (Wildman–Crippen MR) is 151 cm³/mol. The molecule has 1 amide bonds. The number of amides is 1. The Kier molecular flexibility index (Phi) is 7.13. The molecule has 6 nitrogen and oxygen atoms in total. The van der Waals surface area contributed by atoms with Crippen molar-refractivity contribution in [3.8, 4) is 6.07 Å². The van der Waals surface area contributed by atoms with Crippen molar-refractivity contribution in [2.75, 3.05) is 11.9 Å². The van der Waals surface area contributed by atoms with Gasteiger partial charge in [0.05, 0.1) is 23.1 Å². The molecule has 0 radical (unpaired) electrons. The summed E-state index contributed by atoms with van der Waals surface area (Å²) < 4.78 is 28.1. The summed E-state index contributed by atoms with van der Waals surface area (Å²) in [5, 5.41) is 24.0. The van der Waals surface area contributed by atoms with Crippen LogP contribution >= 0.6 is 0 Å². The third-order valence-corrected chi connectivity index (χ3v) is 8.18. The van der Waals surface area contributed by atoms with Gasteiger partial charge in [-0.05, 0) is 66.3 Å². The van der Waals surface area contributed by atoms with Gasteiger partial charge in [-0.25, -0.2) is 13.8 Å². The molecule has 4 unspecified atom stereocenters. The first-order valence-corrected chi connectivity index (χ1v) is 13.6. The lowest BCUT2D eigenvalue weighted by molar-refractivity contribution is -0.140. The van der Waals surface area contributed by atoms with Gasteiger partial charge in [0.1, 0.15) is 24.0 Å². The Morgan fingerprint density at radius 3 is 2.75 bits per heavy atom. The molecule has 2 aliphatic carbocycles. The van der Waals surface area contributed by atoms with Gasteiger partial charge in [-0.3, -0.25) is 4.79 Å². The fraction of sp³-hybridized carbons (Fsp3) is 0.406. The van der Waals surface area contributed by atoms with E-state index in [1.54, 1.807) is 18.0 Å². The van der Waals surface area contributed by atoms with E-state index >= 15 is 0 Å². The number of rotatable bonds is 5. The second kappa shape index (κ2) is 10.3. The Morgan fingerprint density at radius 2 is 2.08 bits per heavy atom. The number of nitriles is 1. The zero-order valence-corrected chi connectivity index (χ0v) is 23.2. The number of carbonyl (C=O) groups is 1. The van der Waals surface area contributed by atoms with E-state index in [0.717, 1.165) is 16.7 Å². The Morgan fingerprint density at radius 1 is 1.35 bits per heavy atom. The third-order valence-electron chi connectivity index (χ3n) is 8.18. The number of pyridine rings is 1. The minimum absolute atomic E-state index is 0.147. The summed E-state index contributed by atoms with van der Waals surface area (Å²) in [6.07, 6.45) is 6.73. The van der Waals surface area contributed by atoms with Gasteiger partial charge in [0.15, 0.2) is 0 Å². The zero-order valence-electron chi connectivity index (χ0n) is 23.2. The molecule has 2 aromatic rings. The van der Waals surface area contributed by atoms with Crippen LogP contribution in [0.1, 0.15) is 61.9 Å². The fourth-order valence-corrected chi connectivity index (χ4v) is 6.06. The number of allylic oxidation sites excluding steroid dienone is 2. The van der Waals surface area contributed by atoms with Gasteiger partial charge >= 0.3 is 0 Å². The van der Waals surface area contributed by atoms with Gasteiger partial charge in [0.2, 0.25) is 5.91 Å². The molecule has 1 spiro atoms. The first kappa shape index (κ1) is 27.7. The van der Waals surface area contributed by atoms with Crippen molar-refractivity contribution in [1.29, 1.82) is 5.26 Å². The number of nitrogens with zero attached hydrogens (tertiary/aromatic N) is 3. The Hall–Kier alpha value is -3.83. The van der Waals surface area contributed by atoms with E-state index in [4.69, 9.17) is 0 Å². The van der Waals surface area contributed by atoms with E-state index in [1.807, 2.05) is 57.2 Å². The first-order valence-electron chi connectivity index (χ1n) is 13.6. The fourth-order valence-electron chi connectivity index (χ4n) is 6.06. The average molecular weight is 545 g/mol. The number of alkyl halides is 1. The maximum Gasteiger partial charge on any atom is 0.228 e. The van der Waals surface area contributed by atoms with Gasteiger partial charge in [0, 0.05) is 30.1 Å². The zero-order chi connectivity index (χ0) is 28.8. The number of carbonyl (C=O) groups excluding carboxylic acids is 1. The van der Waals surface area contributed by atoms with Crippen LogP contribution < -0.4 is 5.32 Å². The monoisotopic (exact) mass is 544 g/mol. The van der Waals surface area contributed by atoms with Crippen LogP contribution in [0, 0.1) is 16.7 Å². The molecule has 2 heterocycles. The average Bonchev–Trinajstić information content (AvgIpc) is 3.40. The van der Waals surface area contributed by atoms with Crippen LogP contribution in [0.4, 0.5) is 14.6 Å². The van der Waals surface area contributed by atoms with Crippen LogP contribution in [0.25, 0.3) is 6.08 Å². The molecule has 0 saturated carbocycles. The van der Waals surface area contributed by atoms with Crippen molar-refractivity contribution in [2.24, 2.45) is 5.41 Å². The summed E-state index contributed by atoms with van der Waals surface area (Å²) >= 11 is 0. The molecule has 0 bridgehead atoms. The number of benzene rings is 1. The normalized spacial score (nSPS) is 24.1. The molecule has 1 aliphatic heterocycles. The van der Waals surface area contributed by atoms with E-state index in [0.29, 0.717) is 35.4 Å². The van der Waals surface area contributed by atoms with Crippen molar-refractivity contribution in [1.82, 2.24) is 9.88 Å². The Bertz CT molecular complexity index is 1480. The van der Waals surface area contributed by atoms with Crippen LogP contribution in [-0.4, -0.2) is 45.9 Å². The van der Waals surface area contributed by atoms with Crippen molar-refractivity contribution < 1.29 is 18.7 Å². The smallest absolute Gasteiger partial charge is 0.228 e. The number of fused-ring (bicyclic) bond motifs is 3. The van der Waals surface area contributed by atoms with Crippen molar-refractivity contribution in [3.63, 3.8) is 0 Å². The number of hydrogen-bond donors (Lipinski definition) is 2. The Balaban J connectivity index is 1.42. The minimum Gasteiger partial charge on any atom is -0.373 e. The number of aliphatic hydroxyl groups is 1. The molecule has 0 fully saturated rings. The highest BCUT2D eigenvalue weighted by Gasteiger charge is 2.50. The van der Waals surface area contributed by atoms with E-state index in [2.05, 4.69) is 16.4 Å². The largest absolute Gasteiger partial charge is 0.373 e. The highest BCUT2D eigenvalue weighted by Crippen LogP contribution is 2.49. The molecule has 8 heteroatoms. The second-order valence-electron chi connectivity index (χ2n) is 12.0. The summed E-state index contributed by atoms with van der Waals surface area (Å²) in [5.41, 5.74) is 3.44. The lowest BCUT2D eigenvalue weighted by Gasteiger charge is -2.35. The Labute approximate surface area is 233 Å². The van der Waals surface area contributed by atoms with Gasteiger partial charge in [-0.15, -0.1) is 0 Å². The molecular formula is C32H34F2N4O2. The number of anilines is 1. The van der Waals surface area contributed by atoms with Crippen LogP contribution in [-0.2, 0) is 23.1 Å². The van der Waals surface area contributed by atoms with E-state index < -0.39 is 35.1 Å². The number of aromatic nitrogens is 1. The van der Waals surface area contributed by atoms with Gasteiger partial charge in [-0.2, -0.15) is 5.26 Å². The van der Waals surface area contributed by atoms with E-state index in [9.17, 15) is 23.9 Å². The third kappa shape index (κ3) is 4.95. The summed E-state index contributed by atoms with van der Waals surface area (Å²) in [6, 6.07) is 9.46. The molecular weight excluding hydrogens is 510 g/mol. The van der Waals surface area contributed by atoms with Crippen molar-refractivity contribution in [3.05, 3.63) is 87.9 Å². The van der Waals surface area contributed by atoms with Gasteiger partial charge in [0.25, 0.3) is 0 Å². The lowest BCUT2D eigenvalue weighted by Crippen LogP contribution is -2.45. The predicted octanol–water partition coefficient (Wildman–Crippen LogP) is 5.53. The van der Waals surface area contributed by atoms with Crippen molar-refractivity contribution >= 4 is 17.8 Å². The first-order chi connectivity index (χ1) is 18.9.